The van der Waals surface area contributed by atoms with E-state index in [1.165, 1.54) is 6.42 Å². The minimum atomic E-state index is 0.212. The molecule has 0 radical (unpaired) electrons. The van der Waals surface area contributed by atoms with E-state index in [4.69, 9.17) is 4.74 Å². The molecule has 3 unspecified atom stereocenters. The third-order valence-electron chi connectivity index (χ3n) is 3.64. The molecule has 2 heterocycles. The molecule has 1 amide bonds. The van der Waals surface area contributed by atoms with Crippen molar-refractivity contribution in [1.82, 2.24) is 10.2 Å². The van der Waals surface area contributed by atoms with E-state index in [9.17, 15) is 4.79 Å². The van der Waals surface area contributed by atoms with Crippen molar-refractivity contribution in [1.29, 1.82) is 0 Å². The molecule has 3 atom stereocenters. The maximum Gasteiger partial charge on any atom is 0.224 e. The number of likely N-dealkylation sites (tertiary alicyclic amines) is 1. The molecule has 2 aliphatic heterocycles. The fraction of sp³-hybridized carbons (Fsp3) is 0.923. The molecule has 1 N–H and O–H groups in total. The van der Waals surface area contributed by atoms with E-state index >= 15 is 0 Å². The van der Waals surface area contributed by atoms with Crippen LogP contribution in [0.15, 0.2) is 0 Å². The molecule has 2 saturated heterocycles. The molecule has 4 nitrogen and oxygen atoms in total. The molecule has 2 fully saturated rings. The molecular weight excluding hydrogens is 216 g/mol. The summed E-state index contributed by atoms with van der Waals surface area (Å²) in [4.78, 5) is 14.2. The zero-order valence-corrected chi connectivity index (χ0v) is 10.9. The van der Waals surface area contributed by atoms with Crippen LogP contribution in [0.25, 0.3) is 0 Å². The van der Waals surface area contributed by atoms with Crippen LogP contribution in [0, 0.1) is 11.8 Å². The summed E-state index contributed by atoms with van der Waals surface area (Å²) in [6.07, 6.45) is 1.83. The summed E-state index contributed by atoms with van der Waals surface area (Å²) in [5.74, 6) is 1.56. The highest BCUT2D eigenvalue weighted by molar-refractivity contribution is 5.77. The second kappa shape index (κ2) is 5.83. The summed E-state index contributed by atoms with van der Waals surface area (Å²) in [5.41, 5.74) is 0. The third-order valence-corrected chi connectivity index (χ3v) is 3.64. The number of nitrogens with zero attached hydrogens (tertiary/aromatic N) is 1. The summed E-state index contributed by atoms with van der Waals surface area (Å²) in [6, 6.07) is 0.212. The minimum absolute atomic E-state index is 0.212. The zero-order valence-electron chi connectivity index (χ0n) is 10.9. The quantitative estimate of drug-likeness (QED) is 0.778. The van der Waals surface area contributed by atoms with Crippen molar-refractivity contribution in [2.45, 2.75) is 32.7 Å². The number of hydrogen-bond acceptors (Lipinski definition) is 3. The van der Waals surface area contributed by atoms with Gasteiger partial charge in [0, 0.05) is 32.1 Å². The van der Waals surface area contributed by atoms with E-state index in [2.05, 4.69) is 19.2 Å². The lowest BCUT2D eigenvalue weighted by atomic mass is 9.91. The number of morpholine rings is 1. The van der Waals surface area contributed by atoms with Gasteiger partial charge in [-0.2, -0.15) is 0 Å². The van der Waals surface area contributed by atoms with Gasteiger partial charge in [0.05, 0.1) is 13.2 Å². The third kappa shape index (κ3) is 3.68. The predicted molar refractivity (Wildman–Crippen MR) is 66.8 cm³/mol. The first-order valence-corrected chi connectivity index (χ1v) is 6.74. The molecule has 0 saturated carbocycles. The van der Waals surface area contributed by atoms with Gasteiger partial charge in [-0.1, -0.05) is 13.8 Å². The van der Waals surface area contributed by atoms with Gasteiger partial charge in [-0.15, -0.1) is 0 Å². The number of nitrogens with one attached hydrogen (secondary N) is 1. The Balaban J connectivity index is 1.81. The molecule has 0 aromatic heterocycles. The highest BCUT2D eigenvalue weighted by Crippen LogP contribution is 2.21. The molecule has 0 spiro atoms. The Labute approximate surface area is 104 Å². The molecule has 4 heteroatoms. The molecule has 0 aliphatic carbocycles. The largest absolute Gasteiger partial charge is 0.378 e. The average molecular weight is 240 g/mol. The summed E-state index contributed by atoms with van der Waals surface area (Å²) in [7, 11) is 0. The standard InChI is InChI=1S/C13H24N2O2/c1-10-5-11(2)8-15(7-10)13(16)6-12-9-17-4-3-14-12/h10-12,14H,3-9H2,1-2H3. The van der Waals surface area contributed by atoms with E-state index in [0.29, 0.717) is 24.9 Å². The molecule has 98 valence electrons. The van der Waals surface area contributed by atoms with E-state index in [1.54, 1.807) is 0 Å². The molecule has 0 aromatic rings. The van der Waals surface area contributed by atoms with Gasteiger partial charge in [0.2, 0.25) is 5.91 Å². The predicted octanol–water partition coefficient (Wildman–Crippen LogP) is 0.869. The fourth-order valence-corrected chi connectivity index (χ4v) is 2.96. The van der Waals surface area contributed by atoms with Crippen LogP contribution < -0.4 is 5.32 Å². The van der Waals surface area contributed by atoms with Crippen LogP contribution >= 0.6 is 0 Å². The summed E-state index contributed by atoms with van der Waals surface area (Å²) in [6.45, 7) is 8.63. The van der Waals surface area contributed by atoms with Crippen LogP contribution in [0.5, 0.6) is 0 Å². The van der Waals surface area contributed by atoms with Gasteiger partial charge < -0.3 is 15.0 Å². The van der Waals surface area contributed by atoms with Gasteiger partial charge >= 0.3 is 0 Å². The Bertz CT molecular complexity index is 254. The van der Waals surface area contributed by atoms with E-state index in [0.717, 1.165) is 26.2 Å². The summed E-state index contributed by atoms with van der Waals surface area (Å²) >= 11 is 0. The van der Waals surface area contributed by atoms with Crippen molar-refractivity contribution in [2.75, 3.05) is 32.8 Å². The zero-order chi connectivity index (χ0) is 12.3. The van der Waals surface area contributed by atoms with Crippen LogP contribution in [0.4, 0.5) is 0 Å². The first kappa shape index (κ1) is 12.8. The molecule has 2 rings (SSSR count). The number of carbonyl (C=O) groups is 1. The second-order valence-electron chi connectivity index (χ2n) is 5.67. The molecule has 0 aromatic carbocycles. The van der Waals surface area contributed by atoms with E-state index in [-0.39, 0.29) is 11.9 Å². The van der Waals surface area contributed by atoms with Gasteiger partial charge in [0.1, 0.15) is 0 Å². The average Bonchev–Trinajstić information content (AvgIpc) is 2.29. The second-order valence-corrected chi connectivity index (χ2v) is 5.67. The van der Waals surface area contributed by atoms with Crippen LogP contribution in [-0.4, -0.2) is 49.7 Å². The number of amides is 1. The molecular formula is C13H24N2O2. The first-order valence-electron chi connectivity index (χ1n) is 6.74. The number of piperidine rings is 1. The molecule has 17 heavy (non-hydrogen) atoms. The number of hydrogen-bond donors (Lipinski definition) is 1. The Morgan fingerprint density at radius 3 is 2.65 bits per heavy atom. The SMILES string of the molecule is CC1CC(C)CN(C(=O)CC2COCCN2)C1. The van der Waals surface area contributed by atoms with Crippen molar-refractivity contribution in [3.05, 3.63) is 0 Å². The highest BCUT2D eigenvalue weighted by atomic mass is 16.5. The number of carbonyl (C=O) groups excluding carboxylic acids is 1. The van der Waals surface area contributed by atoms with Gasteiger partial charge in [-0.3, -0.25) is 4.79 Å². The lowest BCUT2D eigenvalue weighted by Crippen LogP contribution is -2.48. The normalized spacial score (nSPS) is 34.7. The van der Waals surface area contributed by atoms with Gasteiger partial charge in [-0.25, -0.2) is 0 Å². The summed E-state index contributed by atoms with van der Waals surface area (Å²) < 4.78 is 5.38. The lowest BCUT2D eigenvalue weighted by Gasteiger charge is -2.36. The van der Waals surface area contributed by atoms with E-state index in [1.807, 2.05) is 4.90 Å². The van der Waals surface area contributed by atoms with Gasteiger partial charge in [-0.05, 0) is 18.3 Å². The first-order chi connectivity index (χ1) is 8.15. The van der Waals surface area contributed by atoms with Gasteiger partial charge in [0.15, 0.2) is 0 Å². The van der Waals surface area contributed by atoms with Crippen molar-refractivity contribution < 1.29 is 9.53 Å². The van der Waals surface area contributed by atoms with Crippen molar-refractivity contribution in [3.63, 3.8) is 0 Å². The smallest absolute Gasteiger partial charge is 0.224 e. The van der Waals surface area contributed by atoms with Crippen molar-refractivity contribution in [2.24, 2.45) is 11.8 Å². The topological polar surface area (TPSA) is 41.6 Å². The molecule has 2 aliphatic rings. The molecule has 0 bridgehead atoms. The Morgan fingerprint density at radius 2 is 2.06 bits per heavy atom. The maximum atomic E-state index is 12.2. The van der Waals surface area contributed by atoms with Crippen LogP contribution in [0.1, 0.15) is 26.7 Å². The monoisotopic (exact) mass is 240 g/mol. The van der Waals surface area contributed by atoms with Gasteiger partial charge in [0.25, 0.3) is 0 Å². The Hall–Kier alpha value is -0.610. The fourth-order valence-electron chi connectivity index (χ4n) is 2.96. The van der Waals surface area contributed by atoms with E-state index < -0.39 is 0 Å². The van der Waals surface area contributed by atoms with Crippen LogP contribution in [-0.2, 0) is 9.53 Å². The highest BCUT2D eigenvalue weighted by Gasteiger charge is 2.27. The number of ether oxygens (including phenoxy) is 1. The maximum absolute atomic E-state index is 12.2. The summed E-state index contributed by atoms with van der Waals surface area (Å²) in [5, 5.41) is 3.34. The Morgan fingerprint density at radius 1 is 1.35 bits per heavy atom. The van der Waals surface area contributed by atoms with Crippen molar-refractivity contribution in [3.8, 4) is 0 Å². The lowest BCUT2D eigenvalue weighted by molar-refractivity contribution is -0.135. The number of rotatable bonds is 2. The van der Waals surface area contributed by atoms with Crippen LogP contribution in [0.2, 0.25) is 0 Å². The van der Waals surface area contributed by atoms with Crippen molar-refractivity contribution >= 4 is 5.91 Å². The minimum Gasteiger partial charge on any atom is -0.378 e. The van der Waals surface area contributed by atoms with Crippen LogP contribution in [0.3, 0.4) is 0 Å². The Kier molecular flexibility index (Phi) is 4.40.